The lowest BCUT2D eigenvalue weighted by Gasteiger charge is -2.36. The number of likely N-dealkylation sites (tertiary alicyclic amines) is 1. The second kappa shape index (κ2) is 5.65. The summed E-state index contributed by atoms with van der Waals surface area (Å²) in [5.74, 6) is 3.13. The van der Waals surface area contributed by atoms with E-state index >= 15 is 0 Å². The molecule has 0 aromatic carbocycles. The smallest absolute Gasteiger partial charge is 0.239 e. The average molecular weight is 303 g/mol. The fourth-order valence-corrected chi connectivity index (χ4v) is 3.71. The number of carbonyl (C=O) groups is 1. The molecule has 6 nitrogen and oxygen atoms in total. The molecule has 1 aromatic heterocycles. The van der Waals surface area contributed by atoms with Crippen LogP contribution in [0, 0.1) is 0 Å². The maximum Gasteiger partial charge on any atom is 0.239 e. The summed E-state index contributed by atoms with van der Waals surface area (Å²) in [6, 6.07) is -0.0482. The van der Waals surface area contributed by atoms with Gasteiger partial charge in [-0.3, -0.25) is 9.69 Å². The van der Waals surface area contributed by atoms with E-state index in [0.717, 1.165) is 51.4 Å². The van der Waals surface area contributed by atoms with Crippen molar-refractivity contribution >= 4 is 5.91 Å². The second-order valence-corrected chi connectivity index (χ2v) is 6.93. The summed E-state index contributed by atoms with van der Waals surface area (Å²) >= 11 is 0. The quantitative estimate of drug-likeness (QED) is 0.846. The van der Waals surface area contributed by atoms with Crippen LogP contribution in [0.3, 0.4) is 0 Å². The van der Waals surface area contributed by atoms with Gasteiger partial charge in [0.2, 0.25) is 5.91 Å². The maximum atomic E-state index is 12.7. The Morgan fingerprint density at radius 3 is 2.59 bits per heavy atom. The Hall–Kier alpha value is -1.43. The van der Waals surface area contributed by atoms with Crippen LogP contribution in [-0.2, 0) is 17.9 Å². The Kier molecular flexibility index (Phi) is 3.64. The minimum Gasteiger partial charge on any atom is -0.341 e. The van der Waals surface area contributed by atoms with Gasteiger partial charge in [-0.05, 0) is 39.0 Å². The molecule has 1 amide bonds. The van der Waals surface area contributed by atoms with Gasteiger partial charge in [-0.15, -0.1) is 10.2 Å². The van der Waals surface area contributed by atoms with Gasteiger partial charge < -0.3 is 9.47 Å². The Labute approximate surface area is 131 Å². The molecule has 1 atom stereocenters. The van der Waals surface area contributed by atoms with E-state index in [0.29, 0.717) is 5.92 Å². The fraction of sp³-hybridized carbons (Fsp3) is 0.812. The first-order chi connectivity index (χ1) is 10.7. The number of hydrogen-bond donors (Lipinski definition) is 0. The number of aromatic nitrogens is 3. The van der Waals surface area contributed by atoms with Gasteiger partial charge in [0, 0.05) is 32.1 Å². The Balaban J connectivity index is 1.43. The molecule has 3 heterocycles. The van der Waals surface area contributed by atoms with E-state index in [4.69, 9.17) is 0 Å². The fourth-order valence-electron chi connectivity index (χ4n) is 3.71. The van der Waals surface area contributed by atoms with Crippen molar-refractivity contribution in [1.82, 2.24) is 24.6 Å². The Bertz CT molecular complexity index is 559. The minimum atomic E-state index is -0.0482. The highest BCUT2D eigenvalue weighted by molar-refractivity contribution is 5.81. The van der Waals surface area contributed by atoms with E-state index in [1.807, 2.05) is 11.8 Å². The highest BCUT2D eigenvalue weighted by atomic mass is 16.2. The predicted molar refractivity (Wildman–Crippen MR) is 82.3 cm³/mol. The summed E-state index contributed by atoms with van der Waals surface area (Å²) in [6.45, 7) is 6.50. The zero-order valence-electron chi connectivity index (χ0n) is 13.4. The van der Waals surface area contributed by atoms with Gasteiger partial charge >= 0.3 is 0 Å². The third-order valence-electron chi connectivity index (χ3n) is 5.33. The number of amides is 1. The number of fused-ring (bicyclic) bond motifs is 1. The van der Waals surface area contributed by atoms with Crippen LogP contribution in [0.1, 0.15) is 56.6 Å². The van der Waals surface area contributed by atoms with Crippen LogP contribution in [-0.4, -0.2) is 56.1 Å². The first-order valence-electron chi connectivity index (χ1n) is 8.69. The molecule has 2 aliphatic heterocycles. The number of nitrogens with zero attached hydrogens (tertiary/aromatic N) is 5. The van der Waals surface area contributed by atoms with E-state index < -0.39 is 0 Å². The number of rotatable bonds is 3. The van der Waals surface area contributed by atoms with Gasteiger partial charge in [-0.25, -0.2) is 0 Å². The third-order valence-corrected chi connectivity index (χ3v) is 5.33. The molecule has 120 valence electrons. The summed E-state index contributed by atoms with van der Waals surface area (Å²) in [6.07, 6.45) is 6.07. The monoisotopic (exact) mass is 303 g/mol. The first-order valence-corrected chi connectivity index (χ1v) is 8.69. The van der Waals surface area contributed by atoms with Crippen LogP contribution < -0.4 is 0 Å². The molecule has 3 aliphatic rings. The van der Waals surface area contributed by atoms with E-state index in [1.165, 1.54) is 25.1 Å². The van der Waals surface area contributed by atoms with E-state index in [2.05, 4.69) is 19.7 Å². The van der Waals surface area contributed by atoms with E-state index in [9.17, 15) is 4.79 Å². The molecule has 1 unspecified atom stereocenters. The first kappa shape index (κ1) is 14.2. The maximum absolute atomic E-state index is 12.7. The molecule has 1 aliphatic carbocycles. The molecule has 6 heteroatoms. The lowest BCUT2D eigenvalue weighted by molar-refractivity contribution is -0.137. The molecular formula is C16H25N5O. The van der Waals surface area contributed by atoms with Gasteiger partial charge in [-0.2, -0.15) is 0 Å². The van der Waals surface area contributed by atoms with Crippen LogP contribution >= 0.6 is 0 Å². The highest BCUT2D eigenvalue weighted by Crippen LogP contribution is 2.39. The van der Waals surface area contributed by atoms with Crippen LogP contribution in [0.5, 0.6) is 0 Å². The zero-order chi connectivity index (χ0) is 15.1. The normalized spacial score (nSPS) is 24.1. The summed E-state index contributed by atoms with van der Waals surface area (Å²) in [5.41, 5.74) is 0. The number of piperidine rings is 1. The van der Waals surface area contributed by atoms with Crippen molar-refractivity contribution in [3.8, 4) is 0 Å². The summed E-state index contributed by atoms with van der Waals surface area (Å²) in [4.78, 5) is 17.0. The molecule has 0 radical (unpaired) electrons. The van der Waals surface area contributed by atoms with Crippen LogP contribution in [0.4, 0.5) is 0 Å². The lowest BCUT2D eigenvalue weighted by Crippen LogP contribution is -2.50. The number of carbonyl (C=O) groups excluding carboxylic acids is 1. The molecule has 22 heavy (non-hydrogen) atoms. The molecule has 0 N–H and O–H groups in total. The molecule has 2 fully saturated rings. The molecule has 1 aromatic rings. The van der Waals surface area contributed by atoms with Crippen molar-refractivity contribution in [3.63, 3.8) is 0 Å². The standard InChI is InChI=1S/C16H25N5O/c1-12(16(22)19-7-3-2-4-8-19)20-9-10-21-14(11-20)17-18-15(21)13-5-6-13/h12-13H,2-11H2,1H3. The molecule has 0 spiro atoms. The SMILES string of the molecule is CC(C(=O)N1CCCCC1)N1CCn2c(nnc2C2CC2)C1. The average Bonchev–Trinajstić information content (AvgIpc) is 3.33. The van der Waals surface area contributed by atoms with Crippen LogP contribution in [0.15, 0.2) is 0 Å². The third kappa shape index (κ3) is 2.53. The molecule has 0 bridgehead atoms. The van der Waals surface area contributed by atoms with E-state index in [-0.39, 0.29) is 11.9 Å². The van der Waals surface area contributed by atoms with Gasteiger partial charge in [0.25, 0.3) is 0 Å². The van der Waals surface area contributed by atoms with Crippen molar-refractivity contribution in [1.29, 1.82) is 0 Å². The summed E-state index contributed by atoms with van der Waals surface area (Å²) in [5, 5.41) is 8.75. The van der Waals surface area contributed by atoms with Crippen molar-refractivity contribution in [3.05, 3.63) is 11.6 Å². The van der Waals surface area contributed by atoms with Crippen molar-refractivity contribution < 1.29 is 4.79 Å². The molecule has 4 rings (SSSR count). The number of hydrogen-bond acceptors (Lipinski definition) is 4. The molecule has 1 saturated carbocycles. The lowest BCUT2D eigenvalue weighted by atomic mass is 10.1. The molecule has 1 saturated heterocycles. The van der Waals surface area contributed by atoms with Gasteiger partial charge in [0.1, 0.15) is 11.6 Å². The minimum absolute atomic E-state index is 0.0482. The Morgan fingerprint density at radius 2 is 1.86 bits per heavy atom. The van der Waals surface area contributed by atoms with Crippen LogP contribution in [0.2, 0.25) is 0 Å². The zero-order valence-corrected chi connectivity index (χ0v) is 13.4. The van der Waals surface area contributed by atoms with Gasteiger partial charge in [-0.1, -0.05) is 0 Å². The summed E-state index contributed by atoms with van der Waals surface area (Å²) in [7, 11) is 0. The summed E-state index contributed by atoms with van der Waals surface area (Å²) < 4.78 is 2.28. The largest absolute Gasteiger partial charge is 0.341 e. The van der Waals surface area contributed by atoms with Gasteiger partial charge in [0.15, 0.2) is 0 Å². The second-order valence-electron chi connectivity index (χ2n) is 6.93. The Morgan fingerprint density at radius 1 is 1.09 bits per heavy atom. The van der Waals surface area contributed by atoms with E-state index in [1.54, 1.807) is 0 Å². The van der Waals surface area contributed by atoms with Crippen molar-refractivity contribution in [2.75, 3.05) is 19.6 Å². The highest BCUT2D eigenvalue weighted by Gasteiger charge is 2.34. The van der Waals surface area contributed by atoms with Crippen molar-refractivity contribution in [2.45, 2.75) is 64.1 Å². The van der Waals surface area contributed by atoms with Gasteiger partial charge in [0.05, 0.1) is 12.6 Å². The predicted octanol–water partition coefficient (Wildman–Crippen LogP) is 1.37. The van der Waals surface area contributed by atoms with Crippen LogP contribution in [0.25, 0.3) is 0 Å². The molecular weight excluding hydrogens is 278 g/mol. The topological polar surface area (TPSA) is 54.3 Å². The van der Waals surface area contributed by atoms with Crippen molar-refractivity contribution in [2.24, 2.45) is 0 Å².